The third-order valence-corrected chi connectivity index (χ3v) is 2.77. The van der Waals surface area contributed by atoms with E-state index in [-0.39, 0.29) is 5.97 Å². The van der Waals surface area contributed by atoms with Crippen molar-refractivity contribution in [1.29, 1.82) is 0 Å². The first kappa shape index (κ1) is 16.0. The van der Waals surface area contributed by atoms with Crippen LogP contribution in [0.25, 0.3) is 0 Å². The number of esters is 1. The molecule has 0 amide bonds. The van der Waals surface area contributed by atoms with Crippen molar-refractivity contribution in [3.05, 3.63) is 24.5 Å². The van der Waals surface area contributed by atoms with Crippen molar-refractivity contribution >= 4 is 14.3 Å². The molecule has 17 heavy (non-hydrogen) atoms. The quantitative estimate of drug-likeness (QED) is 0.219. The Hall–Kier alpha value is -1.03. The monoisotopic (exact) mass is 256 g/mol. The van der Waals surface area contributed by atoms with Crippen molar-refractivity contribution in [3.8, 4) is 0 Å². The number of unbranched alkanes of at least 4 members (excludes halogenated alkanes) is 1. The zero-order valence-corrected chi connectivity index (χ0v) is 12.4. The third-order valence-electron chi connectivity index (χ3n) is 1.93. The molecular weight excluding hydrogens is 232 g/mol. The Labute approximate surface area is 106 Å². The number of rotatable bonds is 8. The molecule has 0 saturated carbocycles. The van der Waals surface area contributed by atoms with Crippen LogP contribution in [0.3, 0.4) is 0 Å². The summed E-state index contributed by atoms with van der Waals surface area (Å²) in [6.07, 6.45) is 6.23. The fourth-order valence-corrected chi connectivity index (χ4v) is 1.59. The van der Waals surface area contributed by atoms with E-state index in [1.165, 1.54) is 0 Å². The van der Waals surface area contributed by atoms with Crippen LogP contribution >= 0.6 is 0 Å². The molecule has 0 spiro atoms. The van der Waals surface area contributed by atoms with Gasteiger partial charge >= 0.3 is 5.97 Å². The van der Waals surface area contributed by atoms with Crippen molar-refractivity contribution < 1.29 is 14.0 Å². The summed E-state index contributed by atoms with van der Waals surface area (Å²) < 4.78 is 10.4. The molecule has 0 rings (SSSR count). The van der Waals surface area contributed by atoms with Gasteiger partial charge in [0.05, 0.1) is 12.9 Å². The first-order chi connectivity index (χ1) is 7.87. The van der Waals surface area contributed by atoms with E-state index in [9.17, 15) is 4.79 Å². The Morgan fingerprint density at radius 3 is 2.53 bits per heavy atom. The van der Waals surface area contributed by atoms with Gasteiger partial charge in [0.2, 0.25) is 8.32 Å². The molecule has 0 heterocycles. The smallest absolute Gasteiger partial charge is 0.333 e. The molecule has 0 aliphatic heterocycles. The number of allylic oxidation sites excluding steroid dienone is 1. The molecule has 0 radical (unpaired) electrons. The minimum absolute atomic E-state index is 0.283. The lowest BCUT2D eigenvalue weighted by Gasteiger charge is -2.14. The van der Waals surface area contributed by atoms with Crippen molar-refractivity contribution in [2.24, 2.45) is 0 Å². The van der Waals surface area contributed by atoms with Gasteiger partial charge in [0.25, 0.3) is 0 Å². The van der Waals surface area contributed by atoms with Crippen LogP contribution in [0.4, 0.5) is 0 Å². The number of carbonyl (C=O) groups excluding carboxylic acids is 1. The van der Waals surface area contributed by atoms with Crippen molar-refractivity contribution in [3.63, 3.8) is 0 Å². The van der Waals surface area contributed by atoms with Crippen LogP contribution < -0.4 is 0 Å². The molecule has 0 fully saturated rings. The predicted octanol–water partition coefficient (Wildman–Crippen LogP) is 3.64. The molecule has 0 aliphatic carbocycles. The molecule has 0 aliphatic rings. The second-order valence-corrected chi connectivity index (χ2v) is 9.28. The van der Waals surface area contributed by atoms with E-state index >= 15 is 0 Å². The van der Waals surface area contributed by atoms with E-state index < -0.39 is 8.32 Å². The Balaban J connectivity index is 3.64. The average Bonchev–Trinajstić information content (AvgIpc) is 2.21. The van der Waals surface area contributed by atoms with E-state index in [1.807, 2.05) is 6.08 Å². The molecule has 0 bridgehead atoms. The zero-order chi connectivity index (χ0) is 13.3. The highest BCUT2D eigenvalue weighted by molar-refractivity contribution is 6.69. The number of carbonyl (C=O) groups is 1. The highest BCUT2D eigenvalue weighted by Crippen LogP contribution is 2.08. The molecule has 98 valence electrons. The summed E-state index contributed by atoms with van der Waals surface area (Å²) in [7, 11) is -1.45. The van der Waals surface area contributed by atoms with E-state index in [0.29, 0.717) is 18.6 Å². The van der Waals surface area contributed by atoms with E-state index in [2.05, 4.69) is 26.2 Å². The molecule has 4 heteroatoms. The number of hydrogen-bond acceptors (Lipinski definition) is 3. The van der Waals surface area contributed by atoms with Crippen LogP contribution in [0.2, 0.25) is 19.6 Å². The van der Waals surface area contributed by atoms with Crippen molar-refractivity contribution in [2.75, 3.05) is 6.61 Å². The van der Waals surface area contributed by atoms with Gasteiger partial charge in [-0.1, -0.05) is 12.7 Å². The largest absolute Gasteiger partial charge is 0.550 e. The van der Waals surface area contributed by atoms with Crippen LogP contribution in [0.5, 0.6) is 0 Å². The van der Waals surface area contributed by atoms with Gasteiger partial charge in [-0.3, -0.25) is 0 Å². The topological polar surface area (TPSA) is 35.5 Å². The summed E-state index contributed by atoms with van der Waals surface area (Å²) in [5.41, 5.74) is 0.548. The first-order valence-corrected chi connectivity index (χ1v) is 9.45. The van der Waals surface area contributed by atoms with E-state index in [4.69, 9.17) is 9.16 Å². The van der Waals surface area contributed by atoms with Crippen LogP contribution in [-0.4, -0.2) is 20.9 Å². The lowest BCUT2D eigenvalue weighted by atomic mass is 10.1. The summed E-state index contributed by atoms with van der Waals surface area (Å²) in [5, 5.41) is 0. The van der Waals surface area contributed by atoms with Crippen LogP contribution in [0.15, 0.2) is 24.5 Å². The lowest BCUT2D eigenvalue weighted by Crippen LogP contribution is -2.21. The Bertz CT molecular complexity index is 277. The van der Waals surface area contributed by atoms with Crippen LogP contribution in [-0.2, 0) is 14.0 Å². The highest BCUT2D eigenvalue weighted by atomic mass is 28.4. The molecule has 0 aromatic carbocycles. The minimum Gasteiger partial charge on any atom is -0.550 e. The normalized spacial score (nSPS) is 11.5. The molecule has 0 aromatic heterocycles. The van der Waals surface area contributed by atoms with Gasteiger partial charge in [-0.25, -0.2) is 4.79 Å². The van der Waals surface area contributed by atoms with Gasteiger partial charge in [0, 0.05) is 5.57 Å². The molecule has 3 nitrogen and oxygen atoms in total. The highest BCUT2D eigenvalue weighted by Gasteiger charge is 2.12. The minimum atomic E-state index is -1.45. The number of hydrogen-bond donors (Lipinski definition) is 0. The summed E-state index contributed by atoms with van der Waals surface area (Å²) in [4.78, 5) is 11.2. The van der Waals surface area contributed by atoms with Gasteiger partial charge in [0.15, 0.2) is 0 Å². The summed E-state index contributed by atoms with van der Waals surface area (Å²) in [6, 6.07) is 0. The Morgan fingerprint density at radius 1 is 1.35 bits per heavy atom. The van der Waals surface area contributed by atoms with Gasteiger partial charge in [0.1, 0.15) is 0 Å². The van der Waals surface area contributed by atoms with Gasteiger partial charge in [-0.15, -0.1) is 0 Å². The van der Waals surface area contributed by atoms with E-state index in [0.717, 1.165) is 12.8 Å². The predicted molar refractivity (Wildman–Crippen MR) is 73.2 cm³/mol. The van der Waals surface area contributed by atoms with E-state index in [1.54, 1.807) is 13.2 Å². The SMILES string of the molecule is C=C(CCC/C=C/O[Si](C)(C)C)C(=O)OCC. The summed E-state index contributed by atoms with van der Waals surface area (Å²) >= 11 is 0. The Morgan fingerprint density at radius 2 is 2.00 bits per heavy atom. The van der Waals surface area contributed by atoms with Crippen molar-refractivity contribution in [2.45, 2.75) is 45.8 Å². The van der Waals surface area contributed by atoms with Crippen molar-refractivity contribution in [1.82, 2.24) is 0 Å². The Kier molecular flexibility index (Phi) is 7.62. The molecule has 0 aromatic rings. The lowest BCUT2D eigenvalue weighted by molar-refractivity contribution is -0.138. The van der Waals surface area contributed by atoms with Gasteiger partial charge in [-0.05, 0) is 45.8 Å². The molecule has 0 atom stereocenters. The summed E-state index contributed by atoms with van der Waals surface area (Å²) in [5.74, 6) is -0.283. The second-order valence-electron chi connectivity index (χ2n) is 4.82. The number of ether oxygens (including phenoxy) is 1. The summed E-state index contributed by atoms with van der Waals surface area (Å²) in [6.45, 7) is 12.3. The standard InChI is InChI=1S/C13H24O3Si/c1-6-15-13(14)12(2)10-8-7-9-11-16-17(3,4)5/h9,11H,2,6-8,10H2,1,3-5H3/b11-9+. The maximum absolute atomic E-state index is 11.2. The molecule has 0 saturated heterocycles. The first-order valence-electron chi connectivity index (χ1n) is 6.04. The van der Waals surface area contributed by atoms with Crippen LogP contribution in [0.1, 0.15) is 26.2 Å². The molecule has 0 unspecified atom stereocenters. The fraction of sp³-hybridized carbons (Fsp3) is 0.615. The fourth-order valence-electron chi connectivity index (χ4n) is 1.09. The van der Waals surface area contributed by atoms with Gasteiger partial charge < -0.3 is 9.16 Å². The van der Waals surface area contributed by atoms with Crippen LogP contribution in [0, 0.1) is 0 Å². The average molecular weight is 256 g/mol. The van der Waals surface area contributed by atoms with Gasteiger partial charge in [-0.2, -0.15) is 0 Å². The third kappa shape index (κ3) is 9.87. The maximum atomic E-state index is 11.2. The zero-order valence-electron chi connectivity index (χ0n) is 11.4. The molecular formula is C13H24O3Si. The molecule has 0 N–H and O–H groups in total. The second kappa shape index (κ2) is 8.12. The maximum Gasteiger partial charge on any atom is 0.333 e.